The summed E-state index contributed by atoms with van der Waals surface area (Å²) in [5.74, 6) is 2.00. The van der Waals surface area contributed by atoms with E-state index in [4.69, 9.17) is 15.2 Å². The highest BCUT2D eigenvalue weighted by Gasteiger charge is 2.22. The number of nitrogen functional groups attached to an aromatic ring is 1. The maximum Gasteiger partial charge on any atom is 0.162 e. The van der Waals surface area contributed by atoms with Gasteiger partial charge >= 0.3 is 0 Å². The van der Waals surface area contributed by atoms with Gasteiger partial charge in [-0.05, 0) is 31.4 Å². The molecule has 1 heterocycles. The van der Waals surface area contributed by atoms with Crippen LogP contribution in [0.5, 0.6) is 11.5 Å². The van der Waals surface area contributed by atoms with Crippen molar-refractivity contribution in [1.29, 1.82) is 0 Å². The standard InChI is InChI=1S/C14H16BrN3O2/c1-19-12-6-11(15)9(10-7-17-18-14(10)16)5-13(12)20-8-3-2-4-8/h5-8H,2-4H2,1H3,(H3,16,17,18). The normalized spacial score (nSPS) is 14.9. The van der Waals surface area contributed by atoms with Crippen LogP contribution in [-0.4, -0.2) is 23.4 Å². The lowest BCUT2D eigenvalue weighted by Gasteiger charge is -2.27. The van der Waals surface area contributed by atoms with Crippen molar-refractivity contribution in [3.8, 4) is 22.6 Å². The third-order valence-electron chi connectivity index (χ3n) is 3.56. The van der Waals surface area contributed by atoms with E-state index < -0.39 is 0 Å². The number of ether oxygens (including phenoxy) is 2. The molecule has 3 rings (SSSR count). The molecule has 1 fully saturated rings. The summed E-state index contributed by atoms with van der Waals surface area (Å²) in [5, 5.41) is 6.70. The van der Waals surface area contributed by atoms with Crippen LogP contribution >= 0.6 is 15.9 Å². The van der Waals surface area contributed by atoms with Crippen LogP contribution in [0.3, 0.4) is 0 Å². The average molecular weight is 338 g/mol. The largest absolute Gasteiger partial charge is 0.493 e. The molecule has 0 spiro atoms. The number of benzene rings is 1. The van der Waals surface area contributed by atoms with E-state index in [1.165, 1.54) is 6.42 Å². The number of halogens is 1. The lowest BCUT2D eigenvalue weighted by Crippen LogP contribution is -2.24. The second-order valence-corrected chi connectivity index (χ2v) is 5.71. The van der Waals surface area contributed by atoms with Crippen molar-refractivity contribution in [1.82, 2.24) is 10.2 Å². The first-order valence-electron chi connectivity index (χ1n) is 6.52. The van der Waals surface area contributed by atoms with Crippen LogP contribution < -0.4 is 15.2 Å². The molecule has 5 nitrogen and oxygen atoms in total. The number of nitrogens with two attached hydrogens (primary N) is 1. The van der Waals surface area contributed by atoms with E-state index >= 15 is 0 Å². The molecule has 1 aromatic carbocycles. The first kappa shape index (κ1) is 13.3. The van der Waals surface area contributed by atoms with Crippen LogP contribution in [-0.2, 0) is 0 Å². The number of nitrogens with one attached hydrogen (secondary N) is 1. The highest BCUT2D eigenvalue weighted by Crippen LogP contribution is 2.41. The molecule has 1 aromatic heterocycles. The van der Waals surface area contributed by atoms with Crippen LogP contribution in [0.2, 0.25) is 0 Å². The molecule has 0 amide bonds. The van der Waals surface area contributed by atoms with Crippen molar-refractivity contribution in [3.63, 3.8) is 0 Å². The topological polar surface area (TPSA) is 73.2 Å². The minimum absolute atomic E-state index is 0.291. The van der Waals surface area contributed by atoms with Gasteiger partial charge in [0.15, 0.2) is 11.5 Å². The highest BCUT2D eigenvalue weighted by molar-refractivity contribution is 9.10. The molecule has 0 aliphatic heterocycles. The van der Waals surface area contributed by atoms with E-state index in [2.05, 4.69) is 26.1 Å². The van der Waals surface area contributed by atoms with E-state index in [1.807, 2.05) is 12.1 Å². The predicted octanol–water partition coefficient (Wildman–Crippen LogP) is 3.36. The van der Waals surface area contributed by atoms with Crippen molar-refractivity contribution >= 4 is 21.7 Å². The maximum absolute atomic E-state index is 5.99. The Morgan fingerprint density at radius 2 is 2.10 bits per heavy atom. The van der Waals surface area contributed by atoms with Crippen molar-refractivity contribution in [2.45, 2.75) is 25.4 Å². The summed E-state index contributed by atoms with van der Waals surface area (Å²) in [5.41, 5.74) is 7.67. The van der Waals surface area contributed by atoms with Crippen LogP contribution in [0.15, 0.2) is 22.8 Å². The molecule has 6 heteroatoms. The Morgan fingerprint density at radius 3 is 2.65 bits per heavy atom. The fourth-order valence-corrected chi connectivity index (χ4v) is 2.71. The second kappa shape index (κ2) is 5.36. The number of hydrogen-bond acceptors (Lipinski definition) is 4. The van der Waals surface area contributed by atoms with Crippen molar-refractivity contribution in [3.05, 3.63) is 22.8 Å². The fraction of sp³-hybridized carbons (Fsp3) is 0.357. The zero-order valence-corrected chi connectivity index (χ0v) is 12.7. The van der Waals surface area contributed by atoms with Gasteiger partial charge in [-0.1, -0.05) is 15.9 Å². The molecule has 3 N–H and O–H groups in total. The maximum atomic E-state index is 5.99. The Labute approximate surface area is 125 Å². The van der Waals surface area contributed by atoms with Crippen LogP contribution in [0.1, 0.15) is 19.3 Å². The number of anilines is 1. The molecule has 1 saturated carbocycles. The molecule has 1 aliphatic carbocycles. The number of aromatic nitrogens is 2. The van der Waals surface area contributed by atoms with Gasteiger partial charge in [0.1, 0.15) is 5.82 Å². The lowest BCUT2D eigenvalue weighted by molar-refractivity contribution is 0.116. The Bertz CT molecular complexity index is 623. The average Bonchev–Trinajstić information content (AvgIpc) is 2.81. The van der Waals surface area contributed by atoms with Crippen molar-refractivity contribution < 1.29 is 9.47 Å². The van der Waals surface area contributed by atoms with Gasteiger partial charge in [0, 0.05) is 15.6 Å². The minimum atomic E-state index is 0.291. The summed E-state index contributed by atoms with van der Waals surface area (Å²) in [6, 6.07) is 3.85. The number of H-pyrrole nitrogens is 1. The Hall–Kier alpha value is -1.69. The molecule has 20 heavy (non-hydrogen) atoms. The summed E-state index contributed by atoms with van der Waals surface area (Å²) >= 11 is 3.54. The molecular weight excluding hydrogens is 322 g/mol. The monoisotopic (exact) mass is 337 g/mol. The van der Waals surface area contributed by atoms with E-state index in [0.29, 0.717) is 11.9 Å². The fourth-order valence-electron chi connectivity index (χ4n) is 2.17. The van der Waals surface area contributed by atoms with E-state index in [1.54, 1.807) is 13.3 Å². The summed E-state index contributed by atoms with van der Waals surface area (Å²) in [7, 11) is 1.64. The third kappa shape index (κ3) is 2.35. The van der Waals surface area contributed by atoms with Gasteiger partial charge in [0.05, 0.1) is 19.4 Å². The molecule has 2 aromatic rings. The summed E-state index contributed by atoms with van der Waals surface area (Å²) in [4.78, 5) is 0. The molecule has 1 aliphatic rings. The van der Waals surface area contributed by atoms with E-state index in [0.717, 1.165) is 39.9 Å². The predicted molar refractivity (Wildman–Crippen MR) is 81.0 cm³/mol. The van der Waals surface area contributed by atoms with Gasteiger partial charge in [0.25, 0.3) is 0 Å². The van der Waals surface area contributed by atoms with Gasteiger partial charge in [-0.3, -0.25) is 5.10 Å². The van der Waals surface area contributed by atoms with Crippen LogP contribution in [0.25, 0.3) is 11.1 Å². The van der Waals surface area contributed by atoms with Gasteiger partial charge < -0.3 is 15.2 Å². The van der Waals surface area contributed by atoms with E-state index in [9.17, 15) is 0 Å². The van der Waals surface area contributed by atoms with Gasteiger partial charge in [0.2, 0.25) is 0 Å². The molecule has 0 atom stereocenters. The lowest BCUT2D eigenvalue weighted by atomic mass is 9.96. The van der Waals surface area contributed by atoms with E-state index in [-0.39, 0.29) is 0 Å². The second-order valence-electron chi connectivity index (χ2n) is 4.85. The Morgan fingerprint density at radius 1 is 1.30 bits per heavy atom. The highest BCUT2D eigenvalue weighted by atomic mass is 79.9. The zero-order chi connectivity index (χ0) is 14.1. The minimum Gasteiger partial charge on any atom is -0.493 e. The molecule has 0 bridgehead atoms. The first-order valence-corrected chi connectivity index (χ1v) is 7.31. The Kier molecular flexibility index (Phi) is 3.56. The quantitative estimate of drug-likeness (QED) is 0.897. The third-order valence-corrected chi connectivity index (χ3v) is 4.21. The van der Waals surface area contributed by atoms with Crippen molar-refractivity contribution in [2.24, 2.45) is 0 Å². The SMILES string of the molecule is COc1cc(Br)c(-c2cn[nH]c2N)cc1OC1CCC1. The molecule has 0 radical (unpaired) electrons. The number of aromatic amines is 1. The Balaban J connectivity index is 2.01. The number of nitrogens with zero attached hydrogens (tertiary/aromatic N) is 1. The number of hydrogen-bond donors (Lipinski definition) is 2. The zero-order valence-electron chi connectivity index (χ0n) is 11.1. The van der Waals surface area contributed by atoms with Gasteiger partial charge in [-0.2, -0.15) is 5.10 Å². The summed E-state index contributed by atoms with van der Waals surface area (Å²) in [6.07, 6.45) is 5.42. The summed E-state index contributed by atoms with van der Waals surface area (Å²) < 4.78 is 12.3. The molecular formula is C14H16BrN3O2. The van der Waals surface area contributed by atoms with Crippen LogP contribution in [0, 0.1) is 0 Å². The summed E-state index contributed by atoms with van der Waals surface area (Å²) in [6.45, 7) is 0. The molecule has 0 unspecified atom stereocenters. The first-order chi connectivity index (χ1) is 9.69. The van der Waals surface area contributed by atoms with Crippen molar-refractivity contribution in [2.75, 3.05) is 12.8 Å². The van der Waals surface area contributed by atoms with Gasteiger partial charge in [-0.25, -0.2) is 0 Å². The smallest absolute Gasteiger partial charge is 0.162 e. The number of methoxy groups -OCH3 is 1. The van der Waals surface area contributed by atoms with Gasteiger partial charge in [-0.15, -0.1) is 0 Å². The molecule has 0 saturated heterocycles. The number of rotatable bonds is 4. The van der Waals surface area contributed by atoms with Crippen LogP contribution in [0.4, 0.5) is 5.82 Å². The molecule has 106 valence electrons.